The molecule has 0 radical (unpaired) electrons. The zero-order chi connectivity index (χ0) is 8.48. The van der Waals surface area contributed by atoms with E-state index in [4.69, 9.17) is 28.3 Å². The van der Waals surface area contributed by atoms with Gasteiger partial charge in [-0.05, 0) is 12.1 Å². The molecule has 0 bridgehead atoms. The summed E-state index contributed by atoms with van der Waals surface area (Å²) in [4.78, 5) is 0. The van der Waals surface area contributed by atoms with Crippen molar-refractivity contribution >= 4 is 23.2 Å². The van der Waals surface area contributed by atoms with Crippen LogP contribution in [0.15, 0.2) is 22.8 Å². The van der Waals surface area contributed by atoms with Gasteiger partial charge >= 0.3 is 0 Å². The van der Waals surface area contributed by atoms with Crippen molar-refractivity contribution in [2.75, 3.05) is 0 Å². The highest BCUT2D eigenvalue weighted by atomic mass is 35.5. The van der Waals surface area contributed by atoms with E-state index >= 15 is 0 Å². The first kappa shape index (κ1) is 8.84. The van der Waals surface area contributed by atoms with Gasteiger partial charge in [-0.25, -0.2) is 4.39 Å². The maximum atomic E-state index is 12.6. The number of hydrogen-bond acceptors (Lipinski definition) is 2. The Morgan fingerprint density at radius 1 is 1.64 bits per heavy atom. The monoisotopic (exact) mass is 198 g/mol. The lowest BCUT2D eigenvalue weighted by Crippen LogP contribution is -2.16. The fourth-order valence-corrected chi connectivity index (χ4v) is 0.823. The summed E-state index contributed by atoms with van der Waals surface area (Å²) in [7, 11) is 0. The highest BCUT2D eigenvalue weighted by molar-refractivity contribution is 6.47. The van der Waals surface area contributed by atoms with Crippen molar-refractivity contribution in [2.24, 2.45) is 0 Å². The molecule has 0 aliphatic rings. The molecule has 1 rings (SSSR count). The quantitative estimate of drug-likeness (QED) is 0.741. The molecule has 0 aromatic carbocycles. The first-order valence-electron chi connectivity index (χ1n) is 2.80. The van der Waals surface area contributed by atoms with Crippen LogP contribution in [0.5, 0.6) is 0 Å². The lowest BCUT2D eigenvalue weighted by molar-refractivity contribution is 0.0778. The molecular weight excluding hydrogens is 194 g/mol. The summed E-state index contributed by atoms with van der Waals surface area (Å²) < 4.78 is 14.5. The van der Waals surface area contributed by atoms with E-state index in [1.807, 2.05) is 0 Å². The maximum Gasteiger partial charge on any atom is 0.290 e. The Kier molecular flexibility index (Phi) is 2.42. The molecule has 2 nitrogen and oxygen atoms in total. The smallest absolute Gasteiger partial charge is 0.290 e. The Bertz CT molecular complexity index is 217. The van der Waals surface area contributed by atoms with Crippen LogP contribution in [0.2, 0.25) is 0 Å². The minimum Gasteiger partial charge on any atom is -0.466 e. The minimum atomic E-state index is -2.71. The standard InChI is InChI=1S/C6H5Cl2FO2/c7-6(8,9)5(10)4-2-1-3-11-4/h1-3,5,10H. The van der Waals surface area contributed by atoms with Gasteiger partial charge in [-0.2, -0.15) is 0 Å². The van der Waals surface area contributed by atoms with E-state index in [-0.39, 0.29) is 5.76 Å². The van der Waals surface area contributed by atoms with Gasteiger partial charge in [0, 0.05) is 0 Å². The first-order valence-corrected chi connectivity index (χ1v) is 3.55. The van der Waals surface area contributed by atoms with Crippen LogP contribution in [0.4, 0.5) is 4.39 Å². The van der Waals surface area contributed by atoms with Gasteiger partial charge < -0.3 is 9.52 Å². The Balaban J connectivity index is 2.78. The third-order valence-electron chi connectivity index (χ3n) is 1.12. The molecule has 1 heterocycles. The predicted octanol–water partition coefficient (Wildman–Crippen LogP) is 2.41. The molecule has 0 fully saturated rings. The largest absolute Gasteiger partial charge is 0.466 e. The van der Waals surface area contributed by atoms with E-state index in [1.54, 1.807) is 0 Å². The second-order valence-corrected chi connectivity index (χ2v) is 3.25. The van der Waals surface area contributed by atoms with Crippen LogP contribution in [-0.4, -0.2) is 9.69 Å². The zero-order valence-electron chi connectivity index (χ0n) is 5.30. The van der Waals surface area contributed by atoms with E-state index in [0.29, 0.717) is 0 Å². The average molecular weight is 199 g/mol. The normalized spacial score (nSPS) is 14.9. The molecule has 1 unspecified atom stereocenters. The molecule has 1 aromatic rings. The van der Waals surface area contributed by atoms with Crippen molar-refractivity contribution < 1.29 is 13.9 Å². The molecule has 0 saturated heterocycles. The molecule has 62 valence electrons. The lowest BCUT2D eigenvalue weighted by atomic mass is 10.3. The summed E-state index contributed by atoms with van der Waals surface area (Å²) in [5, 5.41) is 9.01. The number of hydrogen-bond donors (Lipinski definition) is 1. The Hall–Kier alpha value is -0.250. The summed E-state index contributed by atoms with van der Waals surface area (Å²) in [5.74, 6) is -0.00231. The van der Waals surface area contributed by atoms with Gasteiger partial charge in [0.05, 0.1) is 6.26 Å². The number of aliphatic hydroxyl groups excluding tert-OH is 1. The SMILES string of the molecule is OC(c1ccco1)C(F)(Cl)Cl. The molecular formula is C6H5Cl2FO2. The summed E-state index contributed by atoms with van der Waals surface area (Å²) in [6.45, 7) is 0. The van der Waals surface area contributed by atoms with Crippen LogP contribution in [0.3, 0.4) is 0 Å². The van der Waals surface area contributed by atoms with Crippen LogP contribution in [0, 0.1) is 0 Å². The molecule has 5 heteroatoms. The molecule has 0 amide bonds. The van der Waals surface area contributed by atoms with E-state index in [2.05, 4.69) is 4.42 Å². The molecule has 1 atom stereocenters. The fraction of sp³-hybridized carbons (Fsp3) is 0.333. The van der Waals surface area contributed by atoms with Crippen molar-refractivity contribution in [3.63, 3.8) is 0 Å². The Morgan fingerprint density at radius 2 is 2.27 bits per heavy atom. The first-order chi connectivity index (χ1) is 5.02. The van der Waals surface area contributed by atoms with Gasteiger partial charge in [-0.15, -0.1) is 0 Å². The van der Waals surface area contributed by atoms with Crippen molar-refractivity contribution in [1.29, 1.82) is 0 Å². The Labute approximate surface area is 72.5 Å². The topological polar surface area (TPSA) is 33.4 Å². The molecule has 0 spiro atoms. The molecule has 0 aliphatic heterocycles. The van der Waals surface area contributed by atoms with Crippen LogP contribution in [-0.2, 0) is 0 Å². The summed E-state index contributed by atoms with van der Waals surface area (Å²) in [5.41, 5.74) is 0. The van der Waals surface area contributed by atoms with Gasteiger partial charge in [-0.3, -0.25) is 0 Å². The fourth-order valence-electron chi connectivity index (χ4n) is 0.608. The van der Waals surface area contributed by atoms with Gasteiger partial charge in [0.25, 0.3) is 4.59 Å². The summed E-state index contributed by atoms with van der Waals surface area (Å²) in [6.07, 6.45) is -0.362. The van der Waals surface area contributed by atoms with Crippen LogP contribution >= 0.6 is 23.2 Å². The van der Waals surface area contributed by atoms with Crippen molar-refractivity contribution in [3.05, 3.63) is 24.2 Å². The minimum absolute atomic E-state index is 0.00231. The van der Waals surface area contributed by atoms with E-state index in [0.717, 1.165) is 0 Å². The molecule has 11 heavy (non-hydrogen) atoms. The third kappa shape index (κ3) is 2.09. The number of halogens is 3. The van der Waals surface area contributed by atoms with E-state index < -0.39 is 10.7 Å². The third-order valence-corrected chi connectivity index (χ3v) is 1.54. The van der Waals surface area contributed by atoms with Crippen molar-refractivity contribution in [3.8, 4) is 0 Å². The molecule has 0 saturated carbocycles. The van der Waals surface area contributed by atoms with E-state index in [1.165, 1.54) is 18.4 Å². The summed E-state index contributed by atoms with van der Waals surface area (Å²) in [6, 6.07) is 2.88. The second kappa shape index (κ2) is 3.01. The predicted molar refractivity (Wildman–Crippen MR) is 39.2 cm³/mol. The van der Waals surface area contributed by atoms with Gasteiger partial charge in [-0.1, -0.05) is 23.2 Å². The molecule has 0 aliphatic carbocycles. The Morgan fingerprint density at radius 3 is 2.64 bits per heavy atom. The number of furan rings is 1. The second-order valence-electron chi connectivity index (χ2n) is 1.96. The van der Waals surface area contributed by atoms with Crippen LogP contribution in [0.25, 0.3) is 0 Å². The van der Waals surface area contributed by atoms with Crippen molar-refractivity contribution in [1.82, 2.24) is 0 Å². The highest BCUT2D eigenvalue weighted by Crippen LogP contribution is 2.37. The molecule has 1 N–H and O–H groups in total. The van der Waals surface area contributed by atoms with Crippen LogP contribution in [0.1, 0.15) is 11.9 Å². The average Bonchev–Trinajstić information content (AvgIpc) is 2.34. The van der Waals surface area contributed by atoms with Crippen LogP contribution < -0.4 is 0 Å². The van der Waals surface area contributed by atoms with Gasteiger partial charge in [0.1, 0.15) is 5.76 Å². The highest BCUT2D eigenvalue weighted by Gasteiger charge is 2.36. The zero-order valence-corrected chi connectivity index (χ0v) is 6.81. The number of rotatable bonds is 2. The maximum absolute atomic E-state index is 12.6. The van der Waals surface area contributed by atoms with E-state index in [9.17, 15) is 4.39 Å². The van der Waals surface area contributed by atoms with Gasteiger partial charge in [0.2, 0.25) is 0 Å². The van der Waals surface area contributed by atoms with Crippen molar-refractivity contribution in [2.45, 2.75) is 10.7 Å². The summed E-state index contributed by atoms with van der Waals surface area (Å²) >= 11 is 9.93. The number of aliphatic hydroxyl groups is 1. The van der Waals surface area contributed by atoms with Gasteiger partial charge in [0.15, 0.2) is 6.10 Å². The lowest BCUT2D eigenvalue weighted by Gasteiger charge is -2.14. The number of alkyl halides is 3. The molecule has 1 aromatic heterocycles.